The Morgan fingerprint density at radius 2 is 1.82 bits per heavy atom. The Kier molecular flexibility index (Phi) is 5.16. The van der Waals surface area contributed by atoms with Gasteiger partial charge >= 0.3 is 0 Å². The zero-order valence-electron chi connectivity index (χ0n) is 12.8. The van der Waals surface area contributed by atoms with Crippen LogP contribution in [0.5, 0.6) is 5.75 Å². The SMILES string of the molecule is CC(c1cccc(O)c1)N(C)CC(O)c1ccc(C#N)cc1. The summed E-state index contributed by atoms with van der Waals surface area (Å²) in [5, 5.41) is 28.7. The number of phenolic OH excluding ortho intramolecular Hbond substituents is 1. The molecule has 0 amide bonds. The number of hydrogen-bond donors (Lipinski definition) is 2. The largest absolute Gasteiger partial charge is 0.508 e. The van der Waals surface area contributed by atoms with Gasteiger partial charge in [0.2, 0.25) is 0 Å². The molecule has 0 radical (unpaired) electrons. The summed E-state index contributed by atoms with van der Waals surface area (Å²) in [6.45, 7) is 2.49. The molecule has 22 heavy (non-hydrogen) atoms. The zero-order chi connectivity index (χ0) is 16.1. The van der Waals surface area contributed by atoms with Gasteiger partial charge in [-0.2, -0.15) is 5.26 Å². The lowest BCUT2D eigenvalue weighted by Crippen LogP contribution is -2.27. The van der Waals surface area contributed by atoms with Crippen LogP contribution >= 0.6 is 0 Å². The van der Waals surface area contributed by atoms with E-state index in [1.54, 1.807) is 36.4 Å². The summed E-state index contributed by atoms with van der Waals surface area (Å²) >= 11 is 0. The van der Waals surface area contributed by atoms with Crippen molar-refractivity contribution in [3.63, 3.8) is 0 Å². The first-order valence-corrected chi connectivity index (χ1v) is 7.18. The van der Waals surface area contributed by atoms with Crippen LogP contribution in [-0.4, -0.2) is 28.7 Å². The van der Waals surface area contributed by atoms with Gasteiger partial charge in [0, 0.05) is 12.6 Å². The molecule has 0 fully saturated rings. The maximum atomic E-state index is 10.3. The van der Waals surface area contributed by atoms with Crippen molar-refractivity contribution in [3.05, 3.63) is 65.2 Å². The highest BCUT2D eigenvalue weighted by atomic mass is 16.3. The number of hydrogen-bond acceptors (Lipinski definition) is 4. The van der Waals surface area contributed by atoms with E-state index in [-0.39, 0.29) is 11.8 Å². The number of likely N-dealkylation sites (N-methyl/N-ethyl adjacent to an activating group) is 1. The second-order valence-corrected chi connectivity index (χ2v) is 5.46. The fraction of sp³-hybridized carbons (Fsp3) is 0.278. The van der Waals surface area contributed by atoms with Crippen molar-refractivity contribution >= 4 is 0 Å². The van der Waals surface area contributed by atoms with Crippen LogP contribution < -0.4 is 0 Å². The highest BCUT2D eigenvalue weighted by Gasteiger charge is 2.17. The molecule has 2 aromatic carbocycles. The summed E-state index contributed by atoms with van der Waals surface area (Å²) in [5.74, 6) is 0.241. The molecule has 0 heterocycles. The van der Waals surface area contributed by atoms with E-state index in [2.05, 4.69) is 6.07 Å². The van der Waals surface area contributed by atoms with Crippen LogP contribution in [-0.2, 0) is 0 Å². The molecule has 0 aliphatic heterocycles. The third-order valence-corrected chi connectivity index (χ3v) is 3.90. The van der Waals surface area contributed by atoms with E-state index in [9.17, 15) is 10.2 Å². The fourth-order valence-electron chi connectivity index (χ4n) is 2.36. The van der Waals surface area contributed by atoms with Crippen LogP contribution in [0.1, 0.15) is 35.8 Å². The quantitative estimate of drug-likeness (QED) is 0.890. The second kappa shape index (κ2) is 7.08. The Bertz CT molecular complexity index is 662. The van der Waals surface area contributed by atoms with E-state index < -0.39 is 6.10 Å². The van der Waals surface area contributed by atoms with Gasteiger partial charge in [0.1, 0.15) is 5.75 Å². The molecule has 2 rings (SSSR count). The van der Waals surface area contributed by atoms with Gasteiger partial charge in [0.25, 0.3) is 0 Å². The third kappa shape index (κ3) is 3.85. The predicted octanol–water partition coefficient (Wildman–Crippen LogP) is 2.99. The molecular weight excluding hydrogens is 276 g/mol. The Morgan fingerprint density at radius 1 is 1.14 bits per heavy atom. The molecule has 0 saturated heterocycles. The number of rotatable bonds is 5. The van der Waals surface area contributed by atoms with Crippen LogP contribution in [0.2, 0.25) is 0 Å². The van der Waals surface area contributed by atoms with E-state index >= 15 is 0 Å². The van der Waals surface area contributed by atoms with Gasteiger partial charge in [0.05, 0.1) is 17.7 Å². The number of aliphatic hydroxyl groups is 1. The molecule has 0 aliphatic carbocycles. The minimum atomic E-state index is -0.627. The summed E-state index contributed by atoms with van der Waals surface area (Å²) in [7, 11) is 1.93. The van der Waals surface area contributed by atoms with Gasteiger partial charge in [-0.25, -0.2) is 0 Å². The Hall–Kier alpha value is -2.35. The molecule has 0 bridgehead atoms. The van der Waals surface area contributed by atoms with Crippen LogP contribution in [0.3, 0.4) is 0 Å². The molecular formula is C18H20N2O2. The Balaban J connectivity index is 2.03. The number of aromatic hydroxyl groups is 1. The normalized spacial score (nSPS) is 13.6. The van der Waals surface area contributed by atoms with Gasteiger partial charge in [-0.05, 0) is 49.4 Å². The smallest absolute Gasteiger partial charge is 0.115 e. The van der Waals surface area contributed by atoms with Crippen molar-refractivity contribution in [2.45, 2.75) is 19.1 Å². The standard InChI is InChI=1S/C18H20N2O2/c1-13(16-4-3-5-17(21)10-16)20(2)12-18(22)15-8-6-14(11-19)7-9-15/h3-10,13,18,21-22H,12H2,1-2H3. The topological polar surface area (TPSA) is 67.5 Å². The van der Waals surface area contributed by atoms with Crippen LogP contribution in [0, 0.1) is 11.3 Å². The number of benzene rings is 2. The molecule has 4 heteroatoms. The summed E-state index contributed by atoms with van der Waals surface area (Å²) in [6, 6.07) is 16.2. The van der Waals surface area contributed by atoms with Crippen molar-refractivity contribution in [2.75, 3.05) is 13.6 Å². The molecule has 0 aliphatic rings. The lowest BCUT2D eigenvalue weighted by Gasteiger charge is -2.27. The first kappa shape index (κ1) is 16.0. The van der Waals surface area contributed by atoms with Crippen molar-refractivity contribution in [1.82, 2.24) is 4.90 Å². The third-order valence-electron chi connectivity index (χ3n) is 3.90. The van der Waals surface area contributed by atoms with Gasteiger partial charge in [-0.1, -0.05) is 24.3 Å². The Morgan fingerprint density at radius 3 is 2.41 bits per heavy atom. The molecule has 0 aromatic heterocycles. The molecule has 0 spiro atoms. The molecule has 2 aromatic rings. The van der Waals surface area contributed by atoms with Gasteiger partial charge in [0.15, 0.2) is 0 Å². The fourth-order valence-corrected chi connectivity index (χ4v) is 2.36. The van der Waals surface area contributed by atoms with Crippen molar-refractivity contribution in [2.24, 2.45) is 0 Å². The maximum Gasteiger partial charge on any atom is 0.115 e. The van der Waals surface area contributed by atoms with Gasteiger partial charge < -0.3 is 10.2 Å². The highest BCUT2D eigenvalue weighted by molar-refractivity contribution is 5.32. The minimum absolute atomic E-state index is 0.0696. The monoisotopic (exact) mass is 296 g/mol. The number of nitrogens with zero attached hydrogens (tertiary/aromatic N) is 2. The lowest BCUT2D eigenvalue weighted by atomic mass is 10.0. The van der Waals surface area contributed by atoms with E-state index in [1.807, 2.05) is 31.0 Å². The number of nitriles is 1. The van der Waals surface area contributed by atoms with Crippen molar-refractivity contribution < 1.29 is 10.2 Å². The predicted molar refractivity (Wildman–Crippen MR) is 85.3 cm³/mol. The molecule has 4 nitrogen and oxygen atoms in total. The average Bonchev–Trinajstić information content (AvgIpc) is 2.54. The molecule has 0 saturated carbocycles. The minimum Gasteiger partial charge on any atom is -0.508 e. The van der Waals surface area contributed by atoms with Crippen molar-refractivity contribution in [3.8, 4) is 11.8 Å². The van der Waals surface area contributed by atoms with E-state index in [4.69, 9.17) is 5.26 Å². The highest BCUT2D eigenvalue weighted by Crippen LogP contribution is 2.24. The number of phenols is 1. The summed E-state index contributed by atoms with van der Waals surface area (Å²) < 4.78 is 0. The number of aliphatic hydroxyl groups excluding tert-OH is 1. The van der Waals surface area contributed by atoms with E-state index in [0.29, 0.717) is 12.1 Å². The zero-order valence-corrected chi connectivity index (χ0v) is 12.8. The molecule has 2 unspecified atom stereocenters. The van der Waals surface area contributed by atoms with Crippen LogP contribution in [0.25, 0.3) is 0 Å². The molecule has 2 atom stereocenters. The van der Waals surface area contributed by atoms with Crippen LogP contribution in [0.4, 0.5) is 0 Å². The van der Waals surface area contributed by atoms with Crippen molar-refractivity contribution in [1.29, 1.82) is 5.26 Å². The average molecular weight is 296 g/mol. The van der Waals surface area contributed by atoms with E-state index in [1.165, 1.54) is 0 Å². The van der Waals surface area contributed by atoms with Crippen LogP contribution in [0.15, 0.2) is 48.5 Å². The lowest BCUT2D eigenvalue weighted by molar-refractivity contribution is 0.108. The Labute approximate surface area is 130 Å². The molecule has 114 valence electrons. The summed E-state index contributed by atoms with van der Waals surface area (Å²) in [5.41, 5.74) is 2.36. The first-order chi connectivity index (χ1) is 10.5. The molecule has 2 N–H and O–H groups in total. The maximum absolute atomic E-state index is 10.3. The second-order valence-electron chi connectivity index (χ2n) is 5.46. The van der Waals surface area contributed by atoms with E-state index in [0.717, 1.165) is 11.1 Å². The first-order valence-electron chi connectivity index (χ1n) is 7.18. The van der Waals surface area contributed by atoms with Gasteiger partial charge in [-0.3, -0.25) is 4.90 Å². The summed E-state index contributed by atoms with van der Waals surface area (Å²) in [4.78, 5) is 2.03. The summed E-state index contributed by atoms with van der Waals surface area (Å²) in [6.07, 6.45) is -0.627. The van der Waals surface area contributed by atoms with Gasteiger partial charge in [-0.15, -0.1) is 0 Å².